The lowest BCUT2D eigenvalue weighted by Gasteiger charge is -2.16. The first-order valence-electron chi connectivity index (χ1n) is 11.0. The van der Waals surface area contributed by atoms with Crippen LogP contribution in [0.1, 0.15) is 30.9 Å². The highest BCUT2D eigenvalue weighted by Crippen LogP contribution is 2.38. The molecule has 4 nitrogen and oxygen atoms in total. The highest BCUT2D eigenvalue weighted by atomic mass is 35.5. The van der Waals surface area contributed by atoms with E-state index in [0.29, 0.717) is 15.6 Å². The van der Waals surface area contributed by atoms with E-state index >= 15 is 0 Å². The van der Waals surface area contributed by atoms with Gasteiger partial charge in [-0.3, -0.25) is 9.59 Å². The van der Waals surface area contributed by atoms with Gasteiger partial charge in [0.1, 0.15) is 10.6 Å². The molecule has 0 saturated heterocycles. The van der Waals surface area contributed by atoms with Crippen molar-refractivity contribution in [3.63, 3.8) is 0 Å². The van der Waals surface area contributed by atoms with Gasteiger partial charge in [0.05, 0.1) is 5.69 Å². The zero-order chi connectivity index (χ0) is 23.4. The zero-order valence-corrected chi connectivity index (χ0v) is 20.2. The Kier molecular flexibility index (Phi) is 7.21. The third-order valence-corrected chi connectivity index (χ3v) is 6.75. The number of anilines is 2. The molecule has 3 aromatic carbocycles. The minimum atomic E-state index is -0.363. The predicted molar refractivity (Wildman–Crippen MR) is 137 cm³/mol. The fourth-order valence-electron chi connectivity index (χ4n) is 3.54. The summed E-state index contributed by atoms with van der Waals surface area (Å²) in [4.78, 5) is 29.3. The van der Waals surface area contributed by atoms with Crippen molar-refractivity contribution in [1.29, 1.82) is 0 Å². The summed E-state index contributed by atoms with van der Waals surface area (Å²) in [6.07, 6.45) is 3.21. The van der Waals surface area contributed by atoms with Crippen molar-refractivity contribution in [2.45, 2.75) is 38.0 Å². The van der Waals surface area contributed by atoms with Crippen LogP contribution in [0.4, 0.5) is 11.4 Å². The number of carbonyl (C=O) groups is 2. The molecule has 6 heteroatoms. The average molecular weight is 477 g/mol. The summed E-state index contributed by atoms with van der Waals surface area (Å²) >= 11 is 7.27. The lowest BCUT2D eigenvalue weighted by Crippen LogP contribution is -2.32. The molecule has 33 heavy (non-hydrogen) atoms. The van der Waals surface area contributed by atoms with Gasteiger partial charge in [-0.2, -0.15) is 0 Å². The van der Waals surface area contributed by atoms with Gasteiger partial charge in [0.2, 0.25) is 0 Å². The first-order valence-corrected chi connectivity index (χ1v) is 12.1. The van der Waals surface area contributed by atoms with Crippen LogP contribution in [0.3, 0.4) is 0 Å². The third-order valence-electron chi connectivity index (χ3n) is 5.41. The maximum Gasteiger partial charge on any atom is 0.283 e. The lowest BCUT2D eigenvalue weighted by atomic mass is 10.1. The van der Waals surface area contributed by atoms with Crippen LogP contribution in [0.25, 0.3) is 0 Å². The second kappa shape index (κ2) is 10.3. The Bertz CT molecular complexity index is 1120. The number of aryl methyl sites for hydroxylation is 2. The lowest BCUT2D eigenvalue weighted by molar-refractivity contribution is -0.120. The van der Waals surface area contributed by atoms with Crippen LogP contribution in [0.5, 0.6) is 0 Å². The van der Waals surface area contributed by atoms with Gasteiger partial charge in [0.15, 0.2) is 0 Å². The van der Waals surface area contributed by atoms with Crippen LogP contribution in [0, 0.1) is 6.92 Å². The molecule has 0 aliphatic carbocycles. The summed E-state index contributed by atoms with van der Waals surface area (Å²) in [7, 11) is 0. The highest BCUT2D eigenvalue weighted by Gasteiger charge is 2.40. The van der Waals surface area contributed by atoms with E-state index in [1.54, 1.807) is 12.1 Å². The normalized spacial score (nSPS) is 13.7. The standard InChI is InChI=1S/C27H25ClN2O2S/c1-3-4-5-19-8-14-22(15-9-19)30-26(31)24(29-21-12-6-18(2)7-13-21)25(27(30)32)33-23-16-10-20(28)11-17-23/h6-17,29H,3-5H2,1-2H3. The molecule has 0 atom stereocenters. The molecule has 1 heterocycles. The number of hydrogen-bond donors (Lipinski definition) is 1. The van der Waals surface area contributed by atoms with Crippen LogP contribution in [0.15, 0.2) is 88.3 Å². The van der Waals surface area contributed by atoms with Crippen LogP contribution >= 0.6 is 23.4 Å². The van der Waals surface area contributed by atoms with E-state index in [1.807, 2.05) is 67.6 Å². The molecule has 0 fully saturated rings. The van der Waals surface area contributed by atoms with Gasteiger partial charge >= 0.3 is 0 Å². The fraction of sp³-hybridized carbons (Fsp3) is 0.185. The van der Waals surface area contributed by atoms with E-state index in [9.17, 15) is 9.59 Å². The molecular weight excluding hydrogens is 452 g/mol. The first-order chi connectivity index (χ1) is 16.0. The molecule has 1 aliphatic rings. The summed E-state index contributed by atoms with van der Waals surface area (Å²) in [6.45, 7) is 4.16. The molecule has 0 aromatic heterocycles. The van der Waals surface area contributed by atoms with Gasteiger partial charge in [-0.15, -0.1) is 0 Å². The van der Waals surface area contributed by atoms with Crippen LogP contribution in [-0.2, 0) is 16.0 Å². The van der Waals surface area contributed by atoms with Crippen molar-refractivity contribution in [2.24, 2.45) is 0 Å². The second-order valence-corrected chi connectivity index (χ2v) is 9.49. The molecular formula is C27H25ClN2O2S. The number of carbonyl (C=O) groups excluding carboxylic acids is 2. The number of amides is 2. The number of benzene rings is 3. The van der Waals surface area contributed by atoms with E-state index in [2.05, 4.69) is 12.2 Å². The van der Waals surface area contributed by atoms with E-state index in [-0.39, 0.29) is 17.5 Å². The number of rotatable bonds is 8. The molecule has 4 rings (SSSR count). The maximum absolute atomic E-state index is 13.5. The van der Waals surface area contributed by atoms with Crippen molar-refractivity contribution >= 4 is 46.6 Å². The third kappa shape index (κ3) is 5.32. The van der Waals surface area contributed by atoms with E-state index in [4.69, 9.17) is 11.6 Å². The van der Waals surface area contributed by atoms with Crippen LogP contribution in [0.2, 0.25) is 5.02 Å². The molecule has 0 spiro atoms. The Morgan fingerprint density at radius 3 is 2.18 bits per heavy atom. The summed E-state index contributed by atoms with van der Waals surface area (Å²) in [5, 5.41) is 3.81. The molecule has 168 valence electrons. The van der Waals surface area contributed by atoms with Gasteiger partial charge in [-0.05, 0) is 73.9 Å². The quantitative estimate of drug-likeness (QED) is 0.356. The SMILES string of the molecule is CCCCc1ccc(N2C(=O)C(Nc3ccc(C)cc3)=C(Sc3ccc(Cl)cc3)C2=O)cc1. The Labute approximate surface area is 203 Å². The minimum absolute atomic E-state index is 0.277. The van der Waals surface area contributed by atoms with E-state index in [1.165, 1.54) is 22.2 Å². The largest absolute Gasteiger partial charge is 0.350 e. The number of thioether (sulfide) groups is 1. The smallest absolute Gasteiger partial charge is 0.283 e. The molecule has 3 aromatic rings. The number of nitrogens with one attached hydrogen (secondary N) is 1. The molecule has 0 bridgehead atoms. The second-order valence-electron chi connectivity index (χ2n) is 7.97. The summed E-state index contributed by atoms with van der Waals surface area (Å²) in [5.74, 6) is -0.700. The van der Waals surface area contributed by atoms with Crippen molar-refractivity contribution in [1.82, 2.24) is 0 Å². The highest BCUT2D eigenvalue weighted by molar-refractivity contribution is 8.04. The van der Waals surface area contributed by atoms with Crippen LogP contribution < -0.4 is 10.2 Å². The Balaban J connectivity index is 1.66. The average Bonchev–Trinajstić information content (AvgIpc) is 3.05. The molecule has 0 radical (unpaired) electrons. The predicted octanol–water partition coefficient (Wildman–Crippen LogP) is 6.98. The number of nitrogens with zero attached hydrogens (tertiary/aromatic N) is 1. The number of hydrogen-bond acceptors (Lipinski definition) is 4. The van der Waals surface area contributed by atoms with Crippen molar-refractivity contribution in [3.8, 4) is 0 Å². The molecule has 0 unspecified atom stereocenters. The van der Waals surface area contributed by atoms with Gasteiger partial charge in [0, 0.05) is 15.6 Å². The van der Waals surface area contributed by atoms with E-state index < -0.39 is 0 Å². The molecule has 1 N–H and O–H groups in total. The van der Waals surface area contributed by atoms with Crippen molar-refractivity contribution < 1.29 is 9.59 Å². The van der Waals surface area contributed by atoms with Gasteiger partial charge in [-0.1, -0.05) is 66.5 Å². The number of halogens is 1. The van der Waals surface area contributed by atoms with Crippen molar-refractivity contribution in [3.05, 3.63) is 99.5 Å². The number of unbranched alkanes of at least 4 members (excludes halogenated alkanes) is 1. The summed E-state index contributed by atoms with van der Waals surface area (Å²) in [6, 6.07) is 22.6. The monoisotopic (exact) mass is 476 g/mol. The maximum atomic E-state index is 13.5. The van der Waals surface area contributed by atoms with Gasteiger partial charge in [0.25, 0.3) is 11.8 Å². The van der Waals surface area contributed by atoms with E-state index in [0.717, 1.165) is 35.4 Å². The Morgan fingerprint density at radius 1 is 0.879 bits per heavy atom. The zero-order valence-electron chi connectivity index (χ0n) is 18.6. The minimum Gasteiger partial charge on any atom is -0.350 e. The summed E-state index contributed by atoms with van der Waals surface area (Å²) in [5.41, 5.74) is 3.91. The first kappa shape index (κ1) is 23.1. The molecule has 0 saturated carbocycles. The fourth-order valence-corrected chi connectivity index (χ4v) is 4.60. The Morgan fingerprint density at radius 2 is 1.55 bits per heavy atom. The molecule has 1 aliphatic heterocycles. The number of imide groups is 1. The Hall–Kier alpha value is -3.02. The summed E-state index contributed by atoms with van der Waals surface area (Å²) < 4.78 is 0. The van der Waals surface area contributed by atoms with Gasteiger partial charge in [-0.25, -0.2) is 4.90 Å². The van der Waals surface area contributed by atoms with Gasteiger partial charge < -0.3 is 5.32 Å². The molecule has 2 amide bonds. The van der Waals surface area contributed by atoms with Crippen LogP contribution in [-0.4, -0.2) is 11.8 Å². The van der Waals surface area contributed by atoms with Crippen molar-refractivity contribution in [2.75, 3.05) is 10.2 Å². The topological polar surface area (TPSA) is 49.4 Å².